The lowest BCUT2D eigenvalue weighted by molar-refractivity contribution is 0.0601. The normalized spacial score (nSPS) is 10.8. The summed E-state index contributed by atoms with van der Waals surface area (Å²) in [5.74, 6) is 0.358. The molecule has 0 radical (unpaired) electrons. The topological polar surface area (TPSA) is 67.9 Å². The van der Waals surface area contributed by atoms with Crippen LogP contribution in [0.4, 0.5) is 0 Å². The fraction of sp³-hybridized carbons (Fsp3) is 0.0714. The number of pyridine rings is 1. The first-order valence-corrected chi connectivity index (χ1v) is 7.86. The lowest BCUT2D eigenvalue weighted by Crippen LogP contribution is -2.00. The fourth-order valence-corrected chi connectivity index (χ4v) is 2.74. The average molecular weight is 458 g/mol. The van der Waals surface area contributed by atoms with E-state index in [1.54, 1.807) is 18.3 Å². The quantitative estimate of drug-likeness (QED) is 0.469. The first-order chi connectivity index (χ1) is 10.1. The van der Waals surface area contributed by atoms with Crippen LogP contribution in [0.5, 0.6) is 0 Å². The SMILES string of the molecule is COC(=O)c1ccc(-c2nc3ncc(Br)c(I)c3[nH]2)cc1. The highest BCUT2D eigenvalue weighted by atomic mass is 127. The zero-order valence-corrected chi connectivity index (χ0v) is 14.6. The van der Waals surface area contributed by atoms with Crippen LogP contribution in [0.3, 0.4) is 0 Å². The minimum Gasteiger partial charge on any atom is -0.465 e. The number of hydrogen-bond acceptors (Lipinski definition) is 4. The number of aromatic amines is 1. The fourth-order valence-electron chi connectivity index (χ4n) is 1.92. The van der Waals surface area contributed by atoms with E-state index in [0.29, 0.717) is 17.0 Å². The maximum Gasteiger partial charge on any atom is 0.337 e. The second kappa shape index (κ2) is 5.72. The first-order valence-electron chi connectivity index (χ1n) is 5.98. The Balaban J connectivity index is 2.04. The van der Waals surface area contributed by atoms with Gasteiger partial charge in [0.05, 0.1) is 26.2 Å². The van der Waals surface area contributed by atoms with Crippen molar-refractivity contribution in [2.24, 2.45) is 0 Å². The molecule has 1 N–H and O–H groups in total. The number of carbonyl (C=O) groups excluding carboxylic acids is 1. The molecule has 0 spiro atoms. The van der Waals surface area contributed by atoms with Gasteiger partial charge < -0.3 is 9.72 Å². The number of imidazole rings is 1. The summed E-state index contributed by atoms with van der Waals surface area (Å²) in [6, 6.07) is 7.07. The lowest BCUT2D eigenvalue weighted by atomic mass is 10.1. The van der Waals surface area contributed by atoms with Crippen molar-refractivity contribution >= 4 is 55.7 Å². The number of benzene rings is 1. The smallest absolute Gasteiger partial charge is 0.337 e. The van der Waals surface area contributed by atoms with Crippen molar-refractivity contribution in [3.63, 3.8) is 0 Å². The van der Waals surface area contributed by atoms with Crippen molar-refractivity contribution in [3.05, 3.63) is 44.1 Å². The largest absolute Gasteiger partial charge is 0.465 e. The van der Waals surface area contributed by atoms with Gasteiger partial charge in [0.1, 0.15) is 5.82 Å². The summed E-state index contributed by atoms with van der Waals surface area (Å²) in [7, 11) is 1.36. The molecule has 0 fully saturated rings. The summed E-state index contributed by atoms with van der Waals surface area (Å²) in [6.45, 7) is 0. The van der Waals surface area contributed by atoms with Gasteiger partial charge in [-0.2, -0.15) is 0 Å². The number of fused-ring (bicyclic) bond motifs is 1. The Kier molecular flexibility index (Phi) is 3.94. The number of halogens is 2. The van der Waals surface area contributed by atoms with Gasteiger partial charge in [0.25, 0.3) is 0 Å². The van der Waals surface area contributed by atoms with Crippen LogP contribution in [-0.2, 0) is 4.74 Å². The van der Waals surface area contributed by atoms with Crippen LogP contribution in [0.25, 0.3) is 22.6 Å². The van der Waals surface area contributed by atoms with E-state index in [-0.39, 0.29) is 5.97 Å². The molecule has 0 unspecified atom stereocenters. The Morgan fingerprint density at radius 3 is 2.71 bits per heavy atom. The monoisotopic (exact) mass is 457 g/mol. The van der Waals surface area contributed by atoms with E-state index in [4.69, 9.17) is 0 Å². The van der Waals surface area contributed by atoms with Crippen LogP contribution in [0.1, 0.15) is 10.4 Å². The van der Waals surface area contributed by atoms with Crippen molar-refractivity contribution in [2.45, 2.75) is 0 Å². The molecule has 0 amide bonds. The van der Waals surface area contributed by atoms with Gasteiger partial charge in [-0.1, -0.05) is 12.1 Å². The molecular weight excluding hydrogens is 449 g/mol. The van der Waals surface area contributed by atoms with Crippen molar-refractivity contribution in [3.8, 4) is 11.4 Å². The van der Waals surface area contributed by atoms with E-state index < -0.39 is 0 Å². The molecule has 5 nitrogen and oxygen atoms in total. The van der Waals surface area contributed by atoms with Crippen molar-refractivity contribution in [1.29, 1.82) is 0 Å². The predicted molar refractivity (Wildman–Crippen MR) is 91.1 cm³/mol. The van der Waals surface area contributed by atoms with Gasteiger partial charge in [0.15, 0.2) is 5.65 Å². The molecule has 3 rings (SSSR count). The van der Waals surface area contributed by atoms with Crippen LogP contribution < -0.4 is 0 Å². The third kappa shape index (κ3) is 2.67. The number of rotatable bonds is 2. The molecule has 0 atom stereocenters. The summed E-state index contributed by atoms with van der Waals surface area (Å²) in [6.07, 6.45) is 1.73. The van der Waals surface area contributed by atoms with E-state index in [1.165, 1.54) is 7.11 Å². The van der Waals surface area contributed by atoms with E-state index in [0.717, 1.165) is 19.1 Å². The van der Waals surface area contributed by atoms with Crippen molar-refractivity contribution in [2.75, 3.05) is 7.11 Å². The van der Waals surface area contributed by atoms with Crippen LogP contribution in [0, 0.1) is 3.57 Å². The maximum absolute atomic E-state index is 11.4. The highest BCUT2D eigenvalue weighted by Gasteiger charge is 2.12. The minimum atomic E-state index is -0.355. The Labute approximate surface area is 142 Å². The highest BCUT2D eigenvalue weighted by Crippen LogP contribution is 2.27. The molecule has 0 aliphatic carbocycles. The number of nitrogens with one attached hydrogen (secondary N) is 1. The number of carbonyl (C=O) groups is 1. The highest BCUT2D eigenvalue weighted by molar-refractivity contribution is 14.1. The van der Waals surface area contributed by atoms with Gasteiger partial charge in [-0.05, 0) is 50.7 Å². The number of aromatic nitrogens is 3. The molecule has 0 aliphatic rings. The molecule has 1 aromatic carbocycles. The second-order valence-corrected chi connectivity index (χ2v) is 6.21. The van der Waals surface area contributed by atoms with Gasteiger partial charge in [-0.25, -0.2) is 14.8 Å². The van der Waals surface area contributed by atoms with Crippen molar-refractivity contribution < 1.29 is 9.53 Å². The standard InChI is InChI=1S/C14H9BrIN3O2/c1-21-14(20)8-4-2-7(3-5-8)12-18-11-10(16)9(15)6-17-13(11)19-12/h2-6H,1H3,(H,17,18,19). The third-order valence-corrected chi connectivity index (χ3v) is 5.46. The molecule has 0 bridgehead atoms. The van der Waals surface area contributed by atoms with Gasteiger partial charge in [-0.3, -0.25) is 0 Å². The van der Waals surface area contributed by atoms with Gasteiger partial charge in [0.2, 0.25) is 0 Å². The molecule has 0 aliphatic heterocycles. The number of H-pyrrole nitrogens is 1. The zero-order valence-electron chi connectivity index (χ0n) is 10.9. The number of nitrogens with zero attached hydrogens (tertiary/aromatic N) is 2. The summed E-state index contributed by atoms with van der Waals surface area (Å²) in [5, 5.41) is 0. The number of esters is 1. The predicted octanol–water partition coefficient (Wildman–Crippen LogP) is 3.78. The first kappa shape index (κ1) is 14.5. The molecule has 2 aromatic heterocycles. The number of methoxy groups -OCH3 is 1. The Morgan fingerprint density at radius 2 is 2.05 bits per heavy atom. The number of ether oxygens (including phenoxy) is 1. The van der Waals surface area contributed by atoms with Crippen LogP contribution in [0.15, 0.2) is 34.9 Å². The summed E-state index contributed by atoms with van der Waals surface area (Å²) in [4.78, 5) is 23.4. The van der Waals surface area contributed by atoms with Gasteiger partial charge in [-0.15, -0.1) is 0 Å². The Morgan fingerprint density at radius 1 is 1.33 bits per heavy atom. The van der Waals surface area contributed by atoms with Gasteiger partial charge in [0, 0.05) is 11.8 Å². The third-order valence-electron chi connectivity index (χ3n) is 2.99. The van der Waals surface area contributed by atoms with Crippen LogP contribution >= 0.6 is 38.5 Å². The molecular formula is C14H9BrIN3O2. The second-order valence-electron chi connectivity index (χ2n) is 4.27. The zero-order chi connectivity index (χ0) is 15.0. The summed E-state index contributed by atoms with van der Waals surface area (Å²) >= 11 is 5.68. The maximum atomic E-state index is 11.4. The van der Waals surface area contributed by atoms with E-state index in [1.807, 2.05) is 12.1 Å². The van der Waals surface area contributed by atoms with Crippen LogP contribution in [-0.4, -0.2) is 28.0 Å². The lowest BCUT2D eigenvalue weighted by Gasteiger charge is -2.00. The average Bonchev–Trinajstić information content (AvgIpc) is 2.95. The molecule has 7 heteroatoms. The van der Waals surface area contributed by atoms with E-state index in [2.05, 4.69) is 58.2 Å². The summed E-state index contributed by atoms with van der Waals surface area (Å²) < 4.78 is 6.63. The van der Waals surface area contributed by atoms with E-state index >= 15 is 0 Å². The molecule has 21 heavy (non-hydrogen) atoms. The van der Waals surface area contributed by atoms with Crippen LogP contribution in [0.2, 0.25) is 0 Å². The Bertz CT molecular complexity index is 830. The number of hydrogen-bond donors (Lipinski definition) is 1. The molecule has 3 aromatic rings. The molecule has 2 heterocycles. The Hall–Kier alpha value is -1.48. The minimum absolute atomic E-state index is 0.355. The van der Waals surface area contributed by atoms with Crippen molar-refractivity contribution in [1.82, 2.24) is 15.0 Å². The molecule has 0 saturated carbocycles. The molecule has 0 saturated heterocycles. The van der Waals surface area contributed by atoms with Gasteiger partial charge >= 0.3 is 5.97 Å². The molecule has 106 valence electrons. The summed E-state index contributed by atoms with van der Waals surface area (Å²) in [5.41, 5.74) is 2.94. The van der Waals surface area contributed by atoms with E-state index in [9.17, 15) is 4.79 Å².